The summed E-state index contributed by atoms with van der Waals surface area (Å²) in [5, 5.41) is 34.4. The lowest BCUT2D eigenvalue weighted by Crippen LogP contribution is -2.61. The van der Waals surface area contributed by atoms with Crippen LogP contribution in [0.1, 0.15) is 158 Å². The SMILES string of the molecule is CO[C@H]1CC2CC[C@@H](C)[C@@](O)(O2)C(=O)C(=O)N2CCCC[C@H]2C(=O)OC([C@H](C)C[C@@H]2CCC(OCCNC(=O)OCc3ccc(NC(=O)[C@H](CCCNC(N)=O)NC(=O)[C@@H](N)C(C)C)cc3)[C@H](OC)C2)CC(=O)[C@H](C)/C=C(\C)[C@@H](O)[C@@H](OC)C(=O)[C@@H](C)C[C@H](C)/C=C/C=C/C=C/1C. The molecule has 3 heterocycles. The maximum absolute atomic E-state index is 14.7. The van der Waals surface area contributed by atoms with Crippen molar-refractivity contribution in [2.75, 3.05) is 52.9 Å². The molecule has 4 aliphatic rings. The number of esters is 1. The quantitative estimate of drug-likeness (QED) is 0.0266. The number of hydrogen-bond acceptors (Lipinski definition) is 19. The molecular formula is C72H111N7O18. The van der Waals surface area contributed by atoms with Crippen LogP contribution >= 0.6 is 0 Å². The molecule has 1 aliphatic carbocycles. The number of aliphatic hydroxyl groups is 2. The van der Waals surface area contributed by atoms with Crippen LogP contribution in [-0.4, -0.2) is 182 Å². The van der Waals surface area contributed by atoms with Gasteiger partial charge in [-0.1, -0.05) is 97.1 Å². The predicted molar refractivity (Wildman–Crippen MR) is 364 cm³/mol. The molecule has 17 atom stereocenters. The summed E-state index contributed by atoms with van der Waals surface area (Å²) < 4.78 is 41.8. The molecule has 0 spiro atoms. The molecule has 3 fully saturated rings. The summed E-state index contributed by atoms with van der Waals surface area (Å²) in [5.41, 5.74) is 13.4. The van der Waals surface area contributed by atoms with E-state index in [1.165, 1.54) is 12.0 Å². The maximum Gasteiger partial charge on any atom is 0.407 e. The van der Waals surface area contributed by atoms with E-state index >= 15 is 0 Å². The van der Waals surface area contributed by atoms with Gasteiger partial charge in [-0.2, -0.15) is 0 Å². The number of carbonyl (C=O) groups excluding carboxylic acids is 9. The van der Waals surface area contributed by atoms with Crippen LogP contribution in [0.3, 0.4) is 0 Å². The summed E-state index contributed by atoms with van der Waals surface area (Å²) in [4.78, 5) is 123. The molecule has 1 aromatic carbocycles. The van der Waals surface area contributed by atoms with Crippen molar-refractivity contribution in [3.05, 3.63) is 77.4 Å². The fourth-order valence-corrected chi connectivity index (χ4v) is 13.1. The Labute approximate surface area is 572 Å². The molecule has 25 heteroatoms. The zero-order valence-corrected chi connectivity index (χ0v) is 59.1. The number of methoxy groups -OCH3 is 3. The highest BCUT2D eigenvalue weighted by Crippen LogP contribution is 2.38. The van der Waals surface area contributed by atoms with E-state index < -0.39 is 120 Å². The standard InChI is InChI=1S/C72H111N7O18/c1-42(2)61(73)67(85)78-54(21-18-31-75-70(74)88)66(84)77-52-27-24-50(25-28-52)41-95-71(89)76-32-34-94-57-30-26-51(38-60(57)92-11)37-46(6)59-40-56(80)45(5)36-48(8)63(82)64(93-12)62(81)47(7)35-43(3)19-14-13-15-20-44(4)58(91-10)39-53-29-23-49(9)72(90,97-53)65(83)68(86)79-33-17-16-22-55(79)69(87)96-59/h13-15,19-20,24-25,27-28,36,42-43,45-47,49,51,53-55,57-61,63-64,82,90H,16-18,21-23,26,29-35,37-41,73H2,1-12H3,(H,76,89)(H,77,84)(H,78,85)(H3,74,75,88)/b15-13+,19-14+,44-20+,48-36+/t43-,45-,46-,47+,49-,51+,53?,54+,55+,57?,58+,59?,60-,61+,63-,64+,72-/m1/s1. The number of cyclic esters (lactones) is 1. The molecule has 97 heavy (non-hydrogen) atoms. The van der Waals surface area contributed by atoms with E-state index in [1.54, 1.807) is 86.1 Å². The minimum Gasteiger partial charge on any atom is -0.460 e. The molecule has 3 aliphatic heterocycles. The number of alkyl carbamates (subject to hydrolysis) is 1. The number of amides is 6. The topological polar surface area (TPSA) is 362 Å². The number of Topliss-reactive ketones (excluding diaryl/α,β-unsaturated/α-hetero) is 3. The molecule has 2 bridgehead atoms. The molecule has 0 aromatic heterocycles. The summed E-state index contributed by atoms with van der Waals surface area (Å²) in [6.07, 6.45) is 10.5. The van der Waals surface area contributed by atoms with Crippen molar-refractivity contribution in [2.24, 2.45) is 52.9 Å². The number of ketones is 3. The minimum atomic E-state index is -2.48. The number of nitrogens with two attached hydrogens (primary N) is 2. The van der Waals surface area contributed by atoms with Crippen LogP contribution in [0, 0.1) is 41.4 Å². The van der Waals surface area contributed by atoms with Gasteiger partial charge in [-0.15, -0.1) is 0 Å². The highest BCUT2D eigenvalue weighted by Gasteiger charge is 2.53. The molecule has 3 unspecified atom stereocenters. The van der Waals surface area contributed by atoms with E-state index in [-0.39, 0.29) is 100 Å². The Kier molecular flexibility index (Phi) is 33.2. The van der Waals surface area contributed by atoms with Gasteiger partial charge in [0.25, 0.3) is 11.7 Å². The summed E-state index contributed by atoms with van der Waals surface area (Å²) in [6.45, 7) is 16.6. The monoisotopic (exact) mass is 1360 g/mol. The van der Waals surface area contributed by atoms with Crippen molar-refractivity contribution in [1.29, 1.82) is 0 Å². The fourth-order valence-electron chi connectivity index (χ4n) is 13.1. The summed E-state index contributed by atoms with van der Waals surface area (Å²) in [7, 11) is 4.52. The Morgan fingerprint density at radius 3 is 2.21 bits per heavy atom. The van der Waals surface area contributed by atoms with Gasteiger partial charge in [0.05, 0.1) is 37.1 Å². The number of anilines is 1. The van der Waals surface area contributed by atoms with Gasteiger partial charge in [0.2, 0.25) is 17.6 Å². The first-order valence-electron chi connectivity index (χ1n) is 34.5. The summed E-state index contributed by atoms with van der Waals surface area (Å²) in [6, 6.07) is 2.92. The lowest BCUT2D eigenvalue weighted by atomic mass is 9.78. The van der Waals surface area contributed by atoms with Gasteiger partial charge in [-0.05, 0) is 143 Å². The third-order valence-corrected chi connectivity index (χ3v) is 19.4. The number of aliphatic hydroxyl groups excluding tert-OH is 1. The fraction of sp³-hybridized carbons (Fsp3) is 0.681. The van der Waals surface area contributed by atoms with Crippen LogP contribution in [0.5, 0.6) is 0 Å². The van der Waals surface area contributed by atoms with Gasteiger partial charge >= 0.3 is 18.1 Å². The molecule has 0 radical (unpaired) electrons. The summed E-state index contributed by atoms with van der Waals surface area (Å²) >= 11 is 0. The third-order valence-electron chi connectivity index (χ3n) is 19.4. The van der Waals surface area contributed by atoms with Crippen molar-refractivity contribution in [2.45, 2.75) is 225 Å². The first-order chi connectivity index (χ1) is 46.0. The Morgan fingerprint density at radius 2 is 1.54 bits per heavy atom. The zero-order chi connectivity index (χ0) is 71.7. The van der Waals surface area contributed by atoms with E-state index in [9.17, 15) is 53.4 Å². The van der Waals surface area contributed by atoms with Crippen LogP contribution in [-0.2, 0) is 73.3 Å². The Bertz CT molecular complexity index is 2920. The number of allylic oxidation sites excluding steroid dienone is 6. The van der Waals surface area contributed by atoms with Crippen LogP contribution < -0.4 is 32.7 Å². The Hall–Kier alpha value is -6.71. The van der Waals surface area contributed by atoms with Crippen LogP contribution in [0.4, 0.5) is 15.3 Å². The van der Waals surface area contributed by atoms with E-state index in [0.29, 0.717) is 81.0 Å². The first kappa shape index (κ1) is 81.0. The van der Waals surface area contributed by atoms with Crippen molar-refractivity contribution in [3.63, 3.8) is 0 Å². The Morgan fingerprint density at radius 1 is 0.814 bits per heavy atom. The zero-order valence-electron chi connectivity index (χ0n) is 59.1. The van der Waals surface area contributed by atoms with Gasteiger partial charge in [-0.25, -0.2) is 14.4 Å². The molecule has 5 rings (SSSR count). The Balaban J connectivity index is 1.25. The van der Waals surface area contributed by atoms with E-state index in [1.807, 2.05) is 51.2 Å². The number of piperidine rings is 1. The number of nitrogens with one attached hydrogen (secondary N) is 4. The van der Waals surface area contributed by atoms with Gasteiger partial charge in [0.1, 0.15) is 42.8 Å². The number of benzene rings is 1. The maximum atomic E-state index is 14.7. The molecule has 1 saturated carbocycles. The van der Waals surface area contributed by atoms with Crippen molar-refractivity contribution < 1.29 is 86.5 Å². The van der Waals surface area contributed by atoms with Crippen LogP contribution in [0.25, 0.3) is 0 Å². The predicted octanol–water partition coefficient (Wildman–Crippen LogP) is 6.99. The number of nitrogens with zero attached hydrogens (tertiary/aromatic N) is 1. The van der Waals surface area contributed by atoms with Crippen molar-refractivity contribution >= 4 is 58.9 Å². The van der Waals surface area contributed by atoms with Crippen molar-refractivity contribution in [3.8, 4) is 0 Å². The molecule has 25 nitrogen and oxygen atoms in total. The number of ether oxygens (including phenoxy) is 7. The average Bonchev–Trinajstić information content (AvgIpc) is 0.777. The van der Waals surface area contributed by atoms with E-state index in [0.717, 1.165) is 5.57 Å². The summed E-state index contributed by atoms with van der Waals surface area (Å²) in [5.74, 6) is -9.74. The van der Waals surface area contributed by atoms with Crippen LogP contribution in [0.2, 0.25) is 0 Å². The smallest absolute Gasteiger partial charge is 0.407 e. The van der Waals surface area contributed by atoms with E-state index in [4.69, 9.17) is 44.6 Å². The molecule has 6 amide bonds. The highest BCUT2D eigenvalue weighted by atomic mass is 16.6. The number of rotatable bonds is 21. The van der Waals surface area contributed by atoms with Crippen LogP contribution in [0.15, 0.2) is 71.9 Å². The minimum absolute atomic E-state index is 0.0194. The highest BCUT2D eigenvalue weighted by molar-refractivity contribution is 6.39. The molecule has 2 saturated heterocycles. The number of urea groups is 1. The molecule has 10 N–H and O–H groups in total. The molecular weight excluding hydrogens is 1250 g/mol. The lowest BCUT2D eigenvalue weighted by molar-refractivity contribution is -0.265. The lowest BCUT2D eigenvalue weighted by Gasteiger charge is -2.42. The molecule has 542 valence electrons. The van der Waals surface area contributed by atoms with Gasteiger partial charge in [-0.3, -0.25) is 28.8 Å². The number of hydrogen-bond donors (Lipinski definition) is 8. The average molecular weight is 1360 g/mol. The largest absolute Gasteiger partial charge is 0.460 e. The van der Waals surface area contributed by atoms with Gasteiger partial charge < -0.3 is 81.0 Å². The van der Waals surface area contributed by atoms with Gasteiger partial charge in [0, 0.05) is 77.2 Å². The number of carbonyl (C=O) groups is 9. The number of primary amides is 1. The second kappa shape index (κ2) is 39.8. The number of fused-ring (bicyclic) bond motifs is 3. The second-order valence-corrected chi connectivity index (χ2v) is 27.4. The van der Waals surface area contributed by atoms with Crippen molar-refractivity contribution in [1.82, 2.24) is 20.9 Å². The second-order valence-electron chi connectivity index (χ2n) is 27.4. The first-order valence-corrected chi connectivity index (χ1v) is 34.5. The van der Waals surface area contributed by atoms with E-state index in [2.05, 4.69) is 21.3 Å². The van der Waals surface area contributed by atoms with Gasteiger partial charge in [0.15, 0.2) is 5.78 Å². The normalized spacial score (nSPS) is 31.4. The third kappa shape index (κ3) is 24.6. The molecule has 1 aromatic rings.